The van der Waals surface area contributed by atoms with E-state index in [0.29, 0.717) is 6.04 Å². The molecule has 1 aliphatic rings. The predicted molar refractivity (Wildman–Crippen MR) is 66.9 cm³/mol. The van der Waals surface area contributed by atoms with Crippen molar-refractivity contribution in [1.29, 1.82) is 0 Å². The van der Waals surface area contributed by atoms with Gasteiger partial charge in [-0.05, 0) is 25.1 Å². The third-order valence-electron chi connectivity index (χ3n) is 3.49. The van der Waals surface area contributed by atoms with Crippen LogP contribution in [-0.2, 0) is 6.61 Å². The average Bonchev–Trinajstić information content (AvgIpc) is 2.60. The zero-order valence-electron chi connectivity index (χ0n) is 9.61. The summed E-state index contributed by atoms with van der Waals surface area (Å²) in [6.45, 7) is 0.0731. The largest absolute Gasteiger partial charge is 0.390 e. The Morgan fingerprint density at radius 1 is 1.25 bits per heavy atom. The van der Waals surface area contributed by atoms with E-state index in [1.807, 2.05) is 6.20 Å². The number of nitrogens with one attached hydrogen (secondary N) is 1. The number of nitrogens with zero attached hydrogens (tertiary/aromatic N) is 1. The van der Waals surface area contributed by atoms with Gasteiger partial charge < -0.3 is 14.7 Å². The van der Waals surface area contributed by atoms with Crippen LogP contribution in [0.3, 0.4) is 0 Å². The average molecular weight is 240 g/mol. The quantitative estimate of drug-likeness (QED) is 0.779. The number of aliphatic hydroxyl groups is 1. The van der Waals surface area contributed by atoms with Crippen LogP contribution < -0.4 is 0 Å². The van der Waals surface area contributed by atoms with E-state index < -0.39 is 0 Å². The van der Waals surface area contributed by atoms with Gasteiger partial charge in [0.15, 0.2) is 4.77 Å². The molecule has 1 fully saturated rings. The summed E-state index contributed by atoms with van der Waals surface area (Å²) in [7, 11) is 0. The normalized spacial score (nSPS) is 19.3. The van der Waals surface area contributed by atoms with E-state index in [1.165, 1.54) is 44.9 Å². The molecule has 2 N–H and O–H groups in total. The maximum atomic E-state index is 9.30. The highest BCUT2D eigenvalue weighted by molar-refractivity contribution is 7.71. The number of imidazole rings is 1. The second-order valence-corrected chi connectivity index (χ2v) is 5.00. The second kappa shape index (κ2) is 5.64. The standard InChI is InChI=1S/C12H20N2OS/c15-9-11-8-13-12(16)14(11)10-6-4-2-1-3-5-7-10/h8,10,15H,1-7,9H2,(H,13,16). The lowest BCUT2D eigenvalue weighted by molar-refractivity contribution is 0.259. The van der Waals surface area contributed by atoms with Crippen LogP contribution in [0.25, 0.3) is 0 Å². The van der Waals surface area contributed by atoms with Gasteiger partial charge in [0, 0.05) is 12.2 Å². The number of aromatic nitrogens is 2. The molecule has 1 saturated carbocycles. The van der Waals surface area contributed by atoms with Gasteiger partial charge in [-0.15, -0.1) is 0 Å². The Morgan fingerprint density at radius 2 is 1.88 bits per heavy atom. The van der Waals surface area contributed by atoms with Crippen molar-refractivity contribution in [2.75, 3.05) is 0 Å². The molecular formula is C12H20N2OS. The lowest BCUT2D eigenvalue weighted by atomic mass is 9.96. The summed E-state index contributed by atoms with van der Waals surface area (Å²) in [5.74, 6) is 0. The van der Waals surface area contributed by atoms with Gasteiger partial charge in [-0.3, -0.25) is 0 Å². The summed E-state index contributed by atoms with van der Waals surface area (Å²) in [4.78, 5) is 3.04. The Morgan fingerprint density at radius 3 is 2.50 bits per heavy atom. The Bertz CT molecular complexity index is 375. The highest BCUT2D eigenvalue weighted by Gasteiger charge is 2.16. The highest BCUT2D eigenvalue weighted by Crippen LogP contribution is 2.27. The lowest BCUT2D eigenvalue weighted by Gasteiger charge is -2.22. The molecule has 0 atom stereocenters. The molecule has 0 aromatic carbocycles. The first kappa shape index (κ1) is 11.9. The Labute approximate surface area is 102 Å². The summed E-state index contributed by atoms with van der Waals surface area (Å²) in [5.41, 5.74) is 0.926. The van der Waals surface area contributed by atoms with Crippen molar-refractivity contribution >= 4 is 12.2 Å². The third-order valence-corrected chi connectivity index (χ3v) is 3.81. The van der Waals surface area contributed by atoms with Gasteiger partial charge in [-0.1, -0.05) is 32.1 Å². The summed E-state index contributed by atoms with van der Waals surface area (Å²) in [6.07, 6.45) is 10.8. The molecular weight excluding hydrogens is 220 g/mol. The zero-order valence-corrected chi connectivity index (χ0v) is 10.4. The molecule has 0 unspecified atom stereocenters. The summed E-state index contributed by atoms with van der Waals surface area (Å²) < 4.78 is 2.88. The van der Waals surface area contributed by atoms with E-state index in [4.69, 9.17) is 12.2 Å². The van der Waals surface area contributed by atoms with Crippen LogP contribution in [0.2, 0.25) is 0 Å². The van der Waals surface area contributed by atoms with Crippen molar-refractivity contribution in [3.05, 3.63) is 16.7 Å². The maximum Gasteiger partial charge on any atom is 0.177 e. The molecule has 0 spiro atoms. The number of H-pyrrole nitrogens is 1. The highest BCUT2D eigenvalue weighted by atomic mass is 32.1. The van der Waals surface area contributed by atoms with Gasteiger partial charge >= 0.3 is 0 Å². The van der Waals surface area contributed by atoms with E-state index in [0.717, 1.165) is 10.5 Å². The van der Waals surface area contributed by atoms with Crippen molar-refractivity contribution in [2.24, 2.45) is 0 Å². The molecule has 0 radical (unpaired) electrons. The summed E-state index contributed by atoms with van der Waals surface area (Å²) in [5, 5.41) is 9.30. The van der Waals surface area contributed by atoms with Crippen LogP contribution in [0.5, 0.6) is 0 Å². The first-order valence-electron chi connectivity index (χ1n) is 6.22. The molecule has 0 aliphatic heterocycles. The predicted octanol–water partition coefficient (Wildman–Crippen LogP) is 3.32. The topological polar surface area (TPSA) is 40.9 Å². The molecule has 0 saturated heterocycles. The second-order valence-electron chi connectivity index (χ2n) is 4.61. The SMILES string of the molecule is OCc1c[nH]c(=S)n1C1CCCCCCC1. The van der Waals surface area contributed by atoms with Crippen molar-refractivity contribution in [2.45, 2.75) is 57.6 Å². The van der Waals surface area contributed by atoms with Crippen molar-refractivity contribution in [1.82, 2.24) is 9.55 Å². The smallest absolute Gasteiger partial charge is 0.177 e. The fourth-order valence-corrected chi connectivity index (χ4v) is 2.95. The number of hydrogen-bond acceptors (Lipinski definition) is 2. The lowest BCUT2D eigenvalue weighted by Crippen LogP contribution is -2.13. The minimum Gasteiger partial charge on any atom is -0.390 e. The molecule has 16 heavy (non-hydrogen) atoms. The van der Waals surface area contributed by atoms with E-state index in [9.17, 15) is 5.11 Å². The van der Waals surface area contributed by atoms with Crippen LogP contribution in [0.4, 0.5) is 0 Å². The van der Waals surface area contributed by atoms with Gasteiger partial charge in [0.05, 0.1) is 12.3 Å². The van der Waals surface area contributed by atoms with Crippen molar-refractivity contribution < 1.29 is 5.11 Å². The molecule has 1 aromatic rings. The van der Waals surface area contributed by atoms with Crippen molar-refractivity contribution in [3.8, 4) is 0 Å². The van der Waals surface area contributed by atoms with Crippen LogP contribution in [0.1, 0.15) is 56.7 Å². The first-order valence-corrected chi connectivity index (χ1v) is 6.63. The summed E-state index contributed by atoms with van der Waals surface area (Å²) in [6, 6.07) is 0.487. The molecule has 1 aromatic heterocycles. The fraction of sp³-hybridized carbons (Fsp3) is 0.750. The zero-order chi connectivity index (χ0) is 11.4. The molecule has 2 rings (SSSR count). The molecule has 0 amide bonds. The first-order chi connectivity index (χ1) is 7.83. The number of rotatable bonds is 2. The van der Waals surface area contributed by atoms with Crippen molar-refractivity contribution in [3.63, 3.8) is 0 Å². The van der Waals surface area contributed by atoms with Crippen LogP contribution in [-0.4, -0.2) is 14.7 Å². The van der Waals surface area contributed by atoms with Gasteiger partial charge in [-0.2, -0.15) is 0 Å². The van der Waals surface area contributed by atoms with Gasteiger partial charge in [0.2, 0.25) is 0 Å². The minimum absolute atomic E-state index is 0.0731. The molecule has 4 heteroatoms. The number of hydrogen-bond donors (Lipinski definition) is 2. The molecule has 1 aliphatic carbocycles. The van der Waals surface area contributed by atoms with E-state index in [2.05, 4.69) is 9.55 Å². The molecule has 90 valence electrons. The van der Waals surface area contributed by atoms with Crippen LogP contribution in [0, 0.1) is 4.77 Å². The van der Waals surface area contributed by atoms with Gasteiger partial charge in [-0.25, -0.2) is 0 Å². The van der Waals surface area contributed by atoms with Gasteiger partial charge in [0.1, 0.15) is 0 Å². The monoisotopic (exact) mass is 240 g/mol. The number of aromatic amines is 1. The summed E-state index contributed by atoms with van der Waals surface area (Å²) >= 11 is 5.29. The molecule has 0 bridgehead atoms. The number of aliphatic hydroxyl groups excluding tert-OH is 1. The van der Waals surface area contributed by atoms with Crippen LogP contribution in [0.15, 0.2) is 6.20 Å². The van der Waals surface area contributed by atoms with E-state index in [-0.39, 0.29) is 6.61 Å². The minimum atomic E-state index is 0.0731. The fourth-order valence-electron chi connectivity index (χ4n) is 2.63. The Kier molecular flexibility index (Phi) is 4.18. The third kappa shape index (κ3) is 2.55. The van der Waals surface area contributed by atoms with E-state index in [1.54, 1.807) is 0 Å². The molecule has 3 nitrogen and oxygen atoms in total. The van der Waals surface area contributed by atoms with Crippen LogP contribution >= 0.6 is 12.2 Å². The van der Waals surface area contributed by atoms with E-state index >= 15 is 0 Å². The van der Waals surface area contributed by atoms with Gasteiger partial charge in [0.25, 0.3) is 0 Å². The maximum absolute atomic E-state index is 9.30. The molecule has 1 heterocycles. The Balaban J connectivity index is 2.19. The Hall–Kier alpha value is -0.610.